The molecule has 0 heterocycles. The number of rotatable bonds is 10. The monoisotopic (exact) mass is 320 g/mol. The Balaban J connectivity index is 4.53. The van der Waals surface area contributed by atoms with E-state index < -0.39 is 24.3 Å². The smallest absolute Gasteiger partial charge is 0.302 e. The van der Waals surface area contributed by atoms with E-state index in [-0.39, 0.29) is 0 Å². The largest absolute Gasteiger partial charge is 0.460 e. The van der Waals surface area contributed by atoms with Crippen LogP contribution in [0.3, 0.4) is 0 Å². The summed E-state index contributed by atoms with van der Waals surface area (Å²) in [6, 6.07) is 0. The molecule has 0 saturated heterocycles. The Morgan fingerprint density at radius 3 is 2.61 bits per heavy atom. The van der Waals surface area contributed by atoms with Crippen LogP contribution in [0.15, 0.2) is 12.7 Å². The lowest BCUT2D eigenvalue weighted by Crippen LogP contribution is -2.39. The number of hydrogen-bond acceptors (Lipinski definition) is 4. The second-order valence-electron chi connectivity index (χ2n) is 5.33. The van der Waals surface area contributed by atoms with Gasteiger partial charge in [-0.05, 0) is 43.9 Å². The number of unbranched alkanes of at least 4 members (excludes halogenated alkanes) is 4. The Morgan fingerprint density at radius 1 is 1.26 bits per heavy atom. The first-order chi connectivity index (χ1) is 11.0. The molecule has 0 rings (SSSR count). The van der Waals surface area contributed by atoms with E-state index in [0.717, 1.165) is 38.5 Å². The zero-order valence-corrected chi connectivity index (χ0v) is 14.2. The molecule has 0 fully saturated rings. The maximum absolute atomic E-state index is 11.2. The van der Waals surface area contributed by atoms with E-state index in [9.17, 15) is 15.0 Å². The van der Waals surface area contributed by atoms with Gasteiger partial charge in [0.25, 0.3) is 0 Å². The summed E-state index contributed by atoms with van der Waals surface area (Å²) >= 11 is 0. The minimum atomic E-state index is -1.29. The molecule has 0 radical (unpaired) electrons. The molecular formula is C19H28O4. The number of aliphatic hydroxyl groups is 2. The lowest BCUT2D eigenvalue weighted by Gasteiger charge is -2.24. The van der Waals surface area contributed by atoms with Crippen molar-refractivity contribution in [2.75, 3.05) is 0 Å². The molecule has 0 aromatic carbocycles. The molecule has 0 aromatic rings. The van der Waals surface area contributed by atoms with Crippen LogP contribution >= 0.6 is 0 Å². The standard InChI is InChI=1S/C19H28O4/c1-4-6-8-10-12-14-17(21)19(22)18(23-16(3)20)15-13-11-9-7-5-2/h5,17-19,21-22H,2,4,6-7,9,11,13,15H2,1,3H3/t17-,18+,19+/m1/s1. The lowest BCUT2D eigenvalue weighted by molar-refractivity contribution is -0.156. The van der Waals surface area contributed by atoms with Crippen LogP contribution in [0.5, 0.6) is 0 Å². The van der Waals surface area contributed by atoms with Crippen molar-refractivity contribution in [1.29, 1.82) is 0 Å². The summed E-state index contributed by atoms with van der Waals surface area (Å²) in [7, 11) is 0. The molecule has 128 valence electrons. The highest BCUT2D eigenvalue weighted by Crippen LogP contribution is 2.14. The summed E-state index contributed by atoms with van der Waals surface area (Å²) in [4.78, 5) is 11.2. The highest BCUT2D eigenvalue weighted by atomic mass is 16.6. The Bertz CT molecular complexity index is 461. The van der Waals surface area contributed by atoms with Crippen molar-refractivity contribution in [2.45, 2.75) is 77.1 Å². The molecule has 0 spiro atoms. The van der Waals surface area contributed by atoms with Gasteiger partial charge in [0.1, 0.15) is 18.3 Å². The number of carbonyl (C=O) groups is 1. The van der Waals surface area contributed by atoms with Gasteiger partial charge in [-0.25, -0.2) is 0 Å². The minimum Gasteiger partial charge on any atom is -0.460 e. The molecule has 23 heavy (non-hydrogen) atoms. The highest BCUT2D eigenvalue weighted by molar-refractivity contribution is 5.66. The molecule has 0 unspecified atom stereocenters. The van der Waals surface area contributed by atoms with Gasteiger partial charge in [0, 0.05) is 13.3 Å². The van der Waals surface area contributed by atoms with E-state index in [1.54, 1.807) is 0 Å². The molecule has 0 aromatic heterocycles. The topological polar surface area (TPSA) is 66.8 Å². The van der Waals surface area contributed by atoms with E-state index in [2.05, 4.69) is 30.3 Å². The summed E-state index contributed by atoms with van der Waals surface area (Å²) in [5.41, 5.74) is 0. The van der Waals surface area contributed by atoms with Crippen LogP contribution in [-0.4, -0.2) is 34.5 Å². The van der Waals surface area contributed by atoms with Gasteiger partial charge in [0.2, 0.25) is 0 Å². The molecule has 0 bridgehead atoms. The number of ether oxygens (including phenoxy) is 1. The Labute approximate surface area is 139 Å². The summed E-state index contributed by atoms with van der Waals surface area (Å²) < 4.78 is 5.11. The van der Waals surface area contributed by atoms with Crippen LogP contribution in [0.4, 0.5) is 0 Å². The fourth-order valence-corrected chi connectivity index (χ4v) is 1.95. The van der Waals surface area contributed by atoms with E-state index in [1.165, 1.54) is 6.92 Å². The van der Waals surface area contributed by atoms with Crippen LogP contribution in [-0.2, 0) is 9.53 Å². The third-order valence-electron chi connectivity index (χ3n) is 3.16. The SMILES string of the molecule is C=CCCCCC[C@H](OC(C)=O)[C@@H](O)[C@H](O)C#CC#CCCC. The molecule has 0 aliphatic heterocycles. The lowest BCUT2D eigenvalue weighted by atomic mass is 10.0. The second kappa shape index (κ2) is 13.9. The normalized spacial score (nSPS) is 13.6. The van der Waals surface area contributed by atoms with Crippen molar-refractivity contribution in [3.8, 4) is 23.7 Å². The molecular weight excluding hydrogens is 292 g/mol. The maximum Gasteiger partial charge on any atom is 0.302 e. The fourth-order valence-electron chi connectivity index (χ4n) is 1.95. The summed E-state index contributed by atoms with van der Waals surface area (Å²) in [6.45, 7) is 6.96. The highest BCUT2D eigenvalue weighted by Gasteiger charge is 2.27. The van der Waals surface area contributed by atoms with Crippen molar-refractivity contribution < 1.29 is 19.7 Å². The first-order valence-electron chi connectivity index (χ1n) is 8.15. The second-order valence-corrected chi connectivity index (χ2v) is 5.33. The van der Waals surface area contributed by atoms with Gasteiger partial charge in [-0.3, -0.25) is 4.79 Å². The Morgan fingerprint density at radius 2 is 2.00 bits per heavy atom. The molecule has 0 saturated carbocycles. The van der Waals surface area contributed by atoms with Crippen molar-refractivity contribution in [2.24, 2.45) is 0 Å². The van der Waals surface area contributed by atoms with Crippen molar-refractivity contribution in [3.05, 3.63) is 12.7 Å². The summed E-state index contributed by atoms with van der Waals surface area (Å²) in [5.74, 6) is 9.97. The summed E-state index contributed by atoms with van der Waals surface area (Å²) in [5, 5.41) is 20.0. The Hall–Kier alpha value is -1.75. The van der Waals surface area contributed by atoms with Gasteiger partial charge in [-0.1, -0.05) is 31.3 Å². The van der Waals surface area contributed by atoms with Gasteiger partial charge in [-0.2, -0.15) is 0 Å². The molecule has 0 aliphatic rings. The Kier molecular flexibility index (Phi) is 12.8. The first kappa shape index (κ1) is 21.2. The van der Waals surface area contributed by atoms with E-state index >= 15 is 0 Å². The quantitative estimate of drug-likeness (QED) is 0.281. The first-order valence-corrected chi connectivity index (χ1v) is 8.15. The number of esters is 1. The van der Waals surface area contributed by atoms with E-state index in [0.29, 0.717) is 6.42 Å². The number of allylic oxidation sites excluding steroid dienone is 1. The van der Waals surface area contributed by atoms with Crippen LogP contribution in [0.25, 0.3) is 0 Å². The van der Waals surface area contributed by atoms with Crippen LogP contribution in [0.2, 0.25) is 0 Å². The number of carbonyl (C=O) groups excluding carboxylic acids is 1. The van der Waals surface area contributed by atoms with Gasteiger partial charge < -0.3 is 14.9 Å². The van der Waals surface area contributed by atoms with Gasteiger partial charge in [-0.15, -0.1) is 6.58 Å². The molecule has 3 atom stereocenters. The van der Waals surface area contributed by atoms with Gasteiger partial charge >= 0.3 is 5.97 Å². The van der Waals surface area contributed by atoms with Crippen LogP contribution in [0.1, 0.15) is 58.8 Å². The molecule has 2 N–H and O–H groups in total. The maximum atomic E-state index is 11.2. The molecule has 4 heteroatoms. The third kappa shape index (κ3) is 11.5. The fraction of sp³-hybridized carbons (Fsp3) is 0.632. The summed E-state index contributed by atoms with van der Waals surface area (Å²) in [6.07, 6.45) is 4.42. The predicted molar refractivity (Wildman–Crippen MR) is 91.3 cm³/mol. The van der Waals surface area contributed by atoms with Gasteiger partial charge in [0.15, 0.2) is 0 Å². The van der Waals surface area contributed by atoms with Crippen molar-refractivity contribution in [3.63, 3.8) is 0 Å². The minimum absolute atomic E-state index is 0.483. The van der Waals surface area contributed by atoms with Gasteiger partial charge in [0.05, 0.1) is 0 Å². The van der Waals surface area contributed by atoms with Crippen LogP contribution < -0.4 is 0 Å². The zero-order chi connectivity index (χ0) is 17.5. The van der Waals surface area contributed by atoms with E-state index in [4.69, 9.17) is 4.74 Å². The number of hydrogen-bond donors (Lipinski definition) is 2. The van der Waals surface area contributed by atoms with Crippen molar-refractivity contribution in [1.82, 2.24) is 0 Å². The third-order valence-corrected chi connectivity index (χ3v) is 3.16. The van der Waals surface area contributed by atoms with Crippen molar-refractivity contribution >= 4 is 5.97 Å². The average molecular weight is 320 g/mol. The molecule has 0 aliphatic carbocycles. The molecule has 4 nitrogen and oxygen atoms in total. The zero-order valence-electron chi connectivity index (χ0n) is 14.2. The average Bonchev–Trinajstić information content (AvgIpc) is 2.52. The predicted octanol–water partition coefficient (Wildman–Crippen LogP) is 2.58. The number of aliphatic hydroxyl groups excluding tert-OH is 2. The molecule has 0 amide bonds. The van der Waals surface area contributed by atoms with Crippen LogP contribution in [0, 0.1) is 23.7 Å². The van der Waals surface area contributed by atoms with E-state index in [1.807, 2.05) is 13.0 Å².